The maximum absolute atomic E-state index is 12.4. The van der Waals surface area contributed by atoms with Gasteiger partial charge in [0.05, 0.1) is 6.61 Å². The number of hydrogen-bond donors (Lipinski definition) is 2. The SMILES string of the molecule is CCOC(=O)Oc1ccc(C(=O)Nc2ccc(NC(=O)/C=C/c3ccccc3)cc2)cc1. The minimum absolute atomic E-state index is 0.214. The normalized spacial score (nSPS) is 10.4. The molecule has 0 aliphatic heterocycles. The first-order chi connectivity index (χ1) is 15.5. The Bertz CT molecular complexity index is 1090. The fourth-order valence-electron chi connectivity index (χ4n) is 2.68. The highest BCUT2D eigenvalue weighted by Crippen LogP contribution is 2.17. The van der Waals surface area contributed by atoms with Crippen molar-refractivity contribution in [1.29, 1.82) is 0 Å². The lowest BCUT2D eigenvalue weighted by Gasteiger charge is -2.08. The highest BCUT2D eigenvalue weighted by Gasteiger charge is 2.09. The molecule has 0 fully saturated rings. The fourth-order valence-corrected chi connectivity index (χ4v) is 2.68. The van der Waals surface area contributed by atoms with E-state index in [4.69, 9.17) is 9.47 Å². The molecule has 32 heavy (non-hydrogen) atoms. The number of benzene rings is 3. The predicted octanol–water partition coefficient (Wildman–Crippen LogP) is 5.13. The van der Waals surface area contributed by atoms with Crippen LogP contribution < -0.4 is 15.4 Å². The minimum atomic E-state index is -0.799. The van der Waals surface area contributed by atoms with Gasteiger partial charge in [-0.15, -0.1) is 0 Å². The van der Waals surface area contributed by atoms with Gasteiger partial charge in [-0.3, -0.25) is 9.59 Å². The molecular weight excluding hydrogens is 408 g/mol. The average Bonchev–Trinajstić information content (AvgIpc) is 2.80. The van der Waals surface area contributed by atoms with Crippen LogP contribution >= 0.6 is 0 Å². The van der Waals surface area contributed by atoms with E-state index in [0.29, 0.717) is 16.9 Å². The van der Waals surface area contributed by atoms with E-state index < -0.39 is 6.16 Å². The number of amides is 2. The minimum Gasteiger partial charge on any atom is -0.434 e. The summed E-state index contributed by atoms with van der Waals surface area (Å²) in [5.41, 5.74) is 2.50. The monoisotopic (exact) mass is 430 g/mol. The number of rotatable bonds is 7. The average molecular weight is 430 g/mol. The summed E-state index contributed by atoms with van der Waals surface area (Å²) in [5, 5.41) is 5.53. The predicted molar refractivity (Wildman–Crippen MR) is 123 cm³/mol. The molecule has 0 heterocycles. The fraction of sp³-hybridized carbons (Fsp3) is 0.0800. The Morgan fingerprint density at radius 3 is 2.06 bits per heavy atom. The zero-order valence-electron chi connectivity index (χ0n) is 17.4. The molecule has 3 aromatic carbocycles. The molecule has 0 bridgehead atoms. The first-order valence-electron chi connectivity index (χ1n) is 9.93. The van der Waals surface area contributed by atoms with E-state index in [2.05, 4.69) is 10.6 Å². The summed E-state index contributed by atoms with van der Waals surface area (Å²) >= 11 is 0. The van der Waals surface area contributed by atoms with Crippen molar-refractivity contribution in [2.24, 2.45) is 0 Å². The molecule has 162 valence electrons. The Labute approximate surface area is 185 Å². The van der Waals surface area contributed by atoms with Gasteiger partial charge >= 0.3 is 6.16 Å². The van der Waals surface area contributed by atoms with Crippen LogP contribution in [0.4, 0.5) is 16.2 Å². The van der Waals surface area contributed by atoms with Crippen LogP contribution in [0.3, 0.4) is 0 Å². The van der Waals surface area contributed by atoms with Crippen molar-refractivity contribution in [3.63, 3.8) is 0 Å². The summed E-state index contributed by atoms with van der Waals surface area (Å²) in [6.45, 7) is 1.89. The second kappa shape index (κ2) is 11.1. The second-order valence-electron chi connectivity index (χ2n) is 6.57. The van der Waals surface area contributed by atoms with Gasteiger partial charge in [-0.1, -0.05) is 30.3 Å². The van der Waals surface area contributed by atoms with Crippen LogP contribution in [-0.2, 0) is 9.53 Å². The molecule has 2 N–H and O–H groups in total. The van der Waals surface area contributed by atoms with Crippen molar-refractivity contribution in [2.75, 3.05) is 17.2 Å². The number of nitrogens with one attached hydrogen (secondary N) is 2. The third kappa shape index (κ3) is 6.84. The van der Waals surface area contributed by atoms with Crippen LogP contribution in [0.1, 0.15) is 22.8 Å². The Morgan fingerprint density at radius 1 is 0.812 bits per heavy atom. The van der Waals surface area contributed by atoms with E-state index in [0.717, 1.165) is 5.56 Å². The van der Waals surface area contributed by atoms with Gasteiger partial charge in [-0.25, -0.2) is 4.79 Å². The molecule has 0 unspecified atom stereocenters. The lowest BCUT2D eigenvalue weighted by atomic mass is 10.2. The van der Waals surface area contributed by atoms with Crippen LogP contribution in [0.5, 0.6) is 5.75 Å². The van der Waals surface area contributed by atoms with Crippen LogP contribution in [0.15, 0.2) is 84.9 Å². The van der Waals surface area contributed by atoms with E-state index >= 15 is 0 Å². The molecule has 0 aliphatic rings. The molecule has 0 atom stereocenters. The molecule has 3 aromatic rings. The summed E-state index contributed by atoms with van der Waals surface area (Å²) in [5.74, 6) is -0.299. The van der Waals surface area contributed by atoms with Gasteiger partial charge in [0, 0.05) is 23.0 Å². The lowest BCUT2D eigenvalue weighted by Crippen LogP contribution is -2.13. The third-order valence-corrected chi connectivity index (χ3v) is 4.22. The molecule has 0 radical (unpaired) electrons. The van der Waals surface area contributed by atoms with Gasteiger partial charge in [0.25, 0.3) is 5.91 Å². The van der Waals surface area contributed by atoms with Crippen molar-refractivity contribution >= 4 is 35.4 Å². The molecule has 7 nitrogen and oxygen atoms in total. The summed E-state index contributed by atoms with van der Waals surface area (Å²) < 4.78 is 9.66. The molecule has 0 aromatic heterocycles. The number of hydrogen-bond acceptors (Lipinski definition) is 5. The molecule has 0 spiro atoms. The quantitative estimate of drug-likeness (QED) is 0.308. The zero-order chi connectivity index (χ0) is 22.8. The Balaban J connectivity index is 1.52. The van der Waals surface area contributed by atoms with Gasteiger partial charge in [0.15, 0.2) is 0 Å². The van der Waals surface area contributed by atoms with Crippen LogP contribution in [0.25, 0.3) is 6.08 Å². The highest BCUT2D eigenvalue weighted by atomic mass is 16.7. The molecule has 2 amide bonds. The van der Waals surface area contributed by atoms with Crippen molar-refractivity contribution < 1.29 is 23.9 Å². The van der Waals surface area contributed by atoms with E-state index in [1.165, 1.54) is 30.3 Å². The third-order valence-electron chi connectivity index (χ3n) is 4.22. The number of anilines is 2. The smallest absolute Gasteiger partial charge is 0.434 e. The van der Waals surface area contributed by atoms with E-state index in [9.17, 15) is 14.4 Å². The summed E-state index contributed by atoms with van der Waals surface area (Å²) in [4.78, 5) is 35.8. The lowest BCUT2D eigenvalue weighted by molar-refractivity contribution is -0.111. The van der Waals surface area contributed by atoms with Crippen molar-refractivity contribution in [3.8, 4) is 5.75 Å². The Kier molecular flexibility index (Phi) is 7.75. The topological polar surface area (TPSA) is 93.7 Å². The van der Waals surface area contributed by atoms with Crippen molar-refractivity contribution in [1.82, 2.24) is 0 Å². The Morgan fingerprint density at radius 2 is 1.44 bits per heavy atom. The molecule has 0 aliphatic carbocycles. The molecule has 0 saturated heterocycles. The number of ether oxygens (including phenoxy) is 2. The number of carbonyl (C=O) groups is 3. The number of carbonyl (C=O) groups excluding carboxylic acids is 3. The molecule has 7 heteroatoms. The van der Waals surface area contributed by atoms with E-state index in [1.54, 1.807) is 37.3 Å². The zero-order valence-corrected chi connectivity index (χ0v) is 17.4. The largest absolute Gasteiger partial charge is 0.513 e. The van der Waals surface area contributed by atoms with Gasteiger partial charge in [0.2, 0.25) is 5.91 Å². The van der Waals surface area contributed by atoms with Crippen LogP contribution in [0.2, 0.25) is 0 Å². The summed E-state index contributed by atoms with van der Waals surface area (Å²) in [6.07, 6.45) is 2.39. The molecule has 3 rings (SSSR count). The van der Waals surface area contributed by atoms with E-state index in [-0.39, 0.29) is 24.2 Å². The first kappa shape index (κ1) is 22.3. The van der Waals surface area contributed by atoms with Gasteiger partial charge in [-0.2, -0.15) is 0 Å². The maximum atomic E-state index is 12.4. The first-order valence-corrected chi connectivity index (χ1v) is 9.93. The maximum Gasteiger partial charge on any atom is 0.513 e. The summed E-state index contributed by atoms with van der Waals surface area (Å²) in [6, 6.07) is 22.4. The second-order valence-corrected chi connectivity index (χ2v) is 6.57. The van der Waals surface area contributed by atoms with Crippen molar-refractivity contribution in [3.05, 3.63) is 96.1 Å². The van der Waals surface area contributed by atoms with Crippen LogP contribution in [-0.4, -0.2) is 24.6 Å². The van der Waals surface area contributed by atoms with Crippen molar-refractivity contribution in [2.45, 2.75) is 6.92 Å². The van der Waals surface area contributed by atoms with Gasteiger partial charge in [0.1, 0.15) is 5.75 Å². The standard InChI is InChI=1S/C25H22N2O5/c1-2-31-25(30)32-22-15-9-19(10-16-22)24(29)27-21-13-11-20(12-14-21)26-23(28)17-8-18-6-4-3-5-7-18/h3-17H,2H2,1H3,(H,26,28)(H,27,29)/b17-8+. The van der Waals surface area contributed by atoms with Gasteiger partial charge < -0.3 is 20.1 Å². The van der Waals surface area contributed by atoms with Crippen LogP contribution in [0, 0.1) is 0 Å². The van der Waals surface area contributed by atoms with E-state index in [1.807, 2.05) is 30.3 Å². The Hall–Kier alpha value is -4.39. The molecule has 0 saturated carbocycles. The highest BCUT2D eigenvalue weighted by molar-refractivity contribution is 6.05. The molecular formula is C25H22N2O5. The summed E-state index contributed by atoms with van der Waals surface area (Å²) in [7, 11) is 0. The van der Waals surface area contributed by atoms with Gasteiger partial charge in [-0.05, 0) is 67.1 Å².